The van der Waals surface area contributed by atoms with Gasteiger partial charge in [0.05, 0.1) is 5.56 Å². The first-order chi connectivity index (χ1) is 8.56. The number of benzene rings is 2. The van der Waals surface area contributed by atoms with Crippen LogP contribution in [0.3, 0.4) is 0 Å². The molecule has 2 aromatic rings. The van der Waals surface area contributed by atoms with Crippen LogP contribution in [0, 0.1) is 7.14 Å². The highest BCUT2D eigenvalue weighted by atomic mass is 127. The molecule has 0 saturated carbocycles. The Morgan fingerprint density at radius 2 is 1.89 bits per heavy atom. The van der Waals surface area contributed by atoms with Crippen molar-refractivity contribution in [1.82, 2.24) is 0 Å². The number of hydrogen-bond donors (Lipinski definition) is 1. The fourth-order valence-corrected chi connectivity index (χ4v) is 2.92. The Morgan fingerprint density at radius 1 is 1.11 bits per heavy atom. The van der Waals surface area contributed by atoms with Crippen LogP contribution in [0.1, 0.15) is 10.4 Å². The van der Waals surface area contributed by atoms with E-state index in [9.17, 15) is 4.79 Å². The van der Waals surface area contributed by atoms with E-state index in [0.29, 0.717) is 5.56 Å². The first-order valence-electron chi connectivity index (χ1n) is 5.08. The summed E-state index contributed by atoms with van der Waals surface area (Å²) in [5, 5.41) is 2.90. The lowest BCUT2D eigenvalue weighted by atomic mass is 10.2. The van der Waals surface area contributed by atoms with Gasteiger partial charge in [0.2, 0.25) is 0 Å². The van der Waals surface area contributed by atoms with E-state index in [0.717, 1.165) is 17.3 Å². The largest absolute Gasteiger partial charge is 0.322 e. The van der Waals surface area contributed by atoms with Crippen LogP contribution in [0.2, 0.25) is 0 Å². The average Bonchev–Trinajstić information content (AvgIpc) is 2.32. The molecule has 0 heterocycles. The predicted octanol–water partition coefficient (Wildman–Crippen LogP) is 4.91. The fourth-order valence-electron chi connectivity index (χ4n) is 1.44. The Kier molecular flexibility index (Phi) is 5.02. The van der Waals surface area contributed by atoms with Crippen molar-refractivity contribution in [3.63, 3.8) is 0 Å². The first-order valence-corrected chi connectivity index (χ1v) is 8.03. The lowest BCUT2D eigenvalue weighted by Gasteiger charge is -2.07. The molecule has 2 rings (SSSR count). The highest BCUT2D eigenvalue weighted by Gasteiger charge is 2.10. The highest BCUT2D eigenvalue weighted by molar-refractivity contribution is 14.1. The third kappa shape index (κ3) is 3.67. The van der Waals surface area contributed by atoms with Gasteiger partial charge in [0.25, 0.3) is 5.91 Å². The number of nitrogens with one attached hydrogen (secondary N) is 1. The second-order valence-corrected chi connectivity index (χ2v) is 6.91. The Labute approximate surface area is 141 Å². The van der Waals surface area contributed by atoms with Crippen LogP contribution in [-0.4, -0.2) is 5.91 Å². The monoisotopic (exact) mass is 527 g/mol. The molecule has 0 aliphatic rings. The zero-order valence-electron chi connectivity index (χ0n) is 9.08. The minimum absolute atomic E-state index is 0.0947. The molecule has 2 aromatic carbocycles. The molecular weight excluding hydrogens is 520 g/mol. The van der Waals surface area contributed by atoms with Crippen LogP contribution in [0.5, 0.6) is 0 Å². The summed E-state index contributed by atoms with van der Waals surface area (Å²) in [5.41, 5.74) is 1.48. The van der Waals surface area contributed by atoms with Crippen molar-refractivity contribution < 1.29 is 4.79 Å². The molecule has 0 bridgehead atoms. The van der Waals surface area contributed by atoms with Crippen LogP contribution in [0.15, 0.2) is 46.9 Å². The van der Waals surface area contributed by atoms with Gasteiger partial charge >= 0.3 is 0 Å². The quantitative estimate of drug-likeness (QED) is 0.553. The Bertz CT molecular complexity index is 601. The Hall–Kier alpha value is -0.150. The van der Waals surface area contributed by atoms with E-state index in [4.69, 9.17) is 0 Å². The zero-order chi connectivity index (χ0) is 13.1. The SMILES string of the molecule is O=C(Nc1cccc(I)c1)c1cc(Br)ccc1I. The summed E-state index contributed by atoms with van der Waals surface area (Å²) < 4.78 is 2.92. The molecule has 0 saturated heterocycles. The maximum absolute atomic E-state index is 12.2. The second-order valence-electron chi connectivity index (χ2n) is 3.59. The van der Waals surface area contributed by atoms with Crippen LogP contribution in [0.4, 0.5) is 5.69 Å². The van der Waals surface area contributed by atoms with Gasteiger partial charge in [0.15, 0.2) is 0 Å². The van der Waals surface area contributed by atoms with Crippen LogP contribution in [0.25, 0.3) is 0 Å². The molecule has 0 aliphatic heterocycles. The number of amides is 1. The summed E-state index contributed by atoms with van der Waals surface area (Å²) in [5.74, 6) is -0.0947. The van der Waals surface area contributed by atoms with E-state index in [2.05, 4.69) is 66.4 Å². The van der Waals surface area contributed by atoms with Crippen molar-refractivity contribution in [2.75, 3.05) is 5.32 Å². The molecular formula is C13H8BrI2NO. The van der Waals surface area contributed by atoms with Gasteiger partial charge in [0.1, 0.15) is 0 Å². The summed E-state index contributed by atoms with van der Waals surface area (Å²) in [4.78, 5) is 12.2. The van der Waals surface area contributed by atoms with Gasteiger partial charge in [-0.3, -0.25) is 4.79 Å². The summed E-state index contributed by atoms with van der Waals surface area (Å²) >= 11 is 7.75. The number of rotatable bonds is 2. The number of carbonyl (C=O) groups excluding carboxylic acids is 1. The number of anilines is 1. The molecule has 0 atom stereocenters. The molecule has 18 heavy (non-hydrogen) atoms. The average molecular weight is 528 g/mol. The zero-order valence-corrected chi connectivity index (χ0v) is 15.0. The number of halogens is 3. The van der Waals surface area contributed by atoms with Crippen molar-refractivity contribution >= 4 is 72.7 Å². The van der Waals surface area contributed by atoms with Crippen LogP contribution in [-0.2, 0) is 0 Å². The highest BCUT2D eigenvalue weighted by Crippen LogP contribution is 2.20. The third-order valence-corrected chi connectivity index (χ3v) is 4.36. The summed E-state index contributed by atoms with van der Waals surface area (Å²) in [6, 6.07) is 13.4. The summed E-state index contributed by atoms with van der Waals surface area (Å²) in [6.45, 7) is 0. The van der Waals surface area contributed by atoms with Crippen molar-refractivity contribution in [3.05, 3.63) is 59.6 Å². The van der Waals surface area contributed by atoms with Gasteiger partial charge in [-0.1, -0.05) is 22.0 Å². The molecule has 92 valence electrons. The summed E-state index contributed by atoms with van der Waals surface area (Å²) in [6.07, 6.45) is 0. The van der Waals surface area contributed by atoms with Gasteiger partial charge in [-0.05, 0) is 81.6 Å². The van der Waals surface area contributed by atoms with Gasteiger partial charge in [0, 0.05) is 17.3 Å². The maximum Gasteiger partial charge on any atom is 0.256 e. The molecule has 0 aliphatic carbocycles. The van der Waals surface area contributed by atoms with Crippen molar-refractivity contribution in [2.45, 2.75) is 0 Å². The standard InChI is InChI=1S/C13H8BrI2NO/c14-8-4-5-12(16)11(6-8)13(18)17-10-3-1-2-9(15)7-10/h1-7H,(H,17,18). The van der Waals surface area contributed by atoms with Gasteiger partial charge < -0.3 is 5.32 Å². The van der Waals surface area contributed by atoms with Crippen LogP contribution < -0.4 is 5.32 Å². The van der Waals surface area contributed by atoms with E-state index >= 15 is 0 Å². The smallest absolute Gasteiger partial charge is 0.256 e. The number of hydrogen-bond acceptors (Lipinski definition) is 1. The molecule has 0 spiro atoms. The van der Waals surface area contributed by atoms with E-state index in [1.165, 1.54) is 0 Å². The lowest BCUT2D eigenvalue weighted by molar-refractivity contribution is 0.102. The van der Waals surface area contributed by atoms with Gasteiger partial charge in [-0.25, -0.2) is 0 Å². The van der Waals surface area contributed by atoms with E-state index in [1.807, 2.05) is 42.5 Å². The normalized spacial score (nSPS) is 10.2. The van der Waals surface area contributed by atoms with Crippen molar-refractivity contribution in [2.24, 2.45) is 0 Å². The Balaban J connectivity index is 2.24. The molecule has 0 unspecified atom stereocenters. The molecule has 5 heteroatoms. The van der Waals surface area contributed by atoms with Crippen LogP contribution >= 0.6 is 61.1 Å². The second kappa shape index (κ2) is 6.33. The minimum atomic E-state index is -0.0947. The molecule has 1 amide bonds. The molecule has 0 radical (unpaired) electrons. The fraction of sp³-hybridized carbons (Fsp3) is 0. The lowest BCUT2D eigenvalue weighted by Crippen LogP contribution is -2.13. The van der Waals surface area contributed by atoms with E-state index in [1.54, 1.807) is 0 Å². The molecule has 0 fully saturated rings. The van der Waals surface area contributed by atoms with Crippen molar-refractivity contribution in [1.29, 1.82) is 0 Å². The Morgan fingerprint density at radius 3 is 2.61 bits per heavy atom. The van der Waals surface area contributed by atoms with Gasteiger partial charge in [-0.2, -0.15) is 0 Å². The third-order valence-electron chi connectivity index (χ3n) is 2.26. The van der Waals surface area contributed by atoms with Crippen molar-refractivity contribution in [3.8, 4) is 0 Å². The number of carbonyl (C=O) groups is 1. The predicted molar refractivity (Wildman–Crippen MR) is 94.0 cm³/mol. The molecule has 1 N–H and O–H groups in total. The molecule has 0 aromatic heterocycles. The minimum Gasteiger partial charge on any atom is -0.322 e. The topological polar surface area (TPSA) is 29.1 Å². The summed E-state index contributed by atoms with van der Waals surface area (Å²) in [7, 11) is 0. The van der Waals surface area contributed by atoms with E-state index < -0.39 is 0 Å². The van der Waals surface area contributed by atoms with Gasteiger partial charge in [-0.15, -0.1) is 0 Å². The van der Waals surface area contributed by atoms with E-state index in [-0.39, 0.29) is 5.91 Å². The maximum atomic E-state index is 12.2. The molecule has 2 nitrogen and oxygen atoms in total. The first kappa shape index (κ1) is 14.3.